The van der Waals surface area contributed by atoms with Crippen LogP contribution in [-0.4, -0.2) is 45.8 Å². The minimum atomic E-state index is -0.398. The standard InChI is InChI=1S/C24H24FN5O2/c1-31-29-23(22-5-3-19(25)13-28-22)17-2-4-20(27-12-17)15-30-10-7-24(8-11-30)21-14-26-9-6-18(21)16-32-24/h2-6,9,12-14H,7-8,10-11,15-16H2,1H3/b29-23+. The van der Waals surface area contributed by atoms with E-state index in [2.05, 4.69) is 31.1 Å². The van der Waals surface area contributed by atoms with Crippen LogP contribution in [0.25, 0.3) is 0 Å². The molecule has 0 aromatic carbocycles. The normalized spacial score (nSPS) is 18.0. The van der Waals surface area contributed by atoms with Gasteiger partial charge in [0.25, 0.3) is 0 Å². The molecule has 0 N–H and O–H groups in total. The molecule has 3 aromatic rings. The highest BCUT2D eigenvalue weighted by molar-refractivity contribution is 6.11. The van der Waals surface area contributed by atoms with Gasteiger partial charge in [0.05, 0.1) is 29.8 Å². The summed E-state index contributed by atoms with van der Waals surface area (Å²) >= 11 is 0. The lowest BCUT2D eigenvalue weighted by atomic mass is 9.85. The summed E-state index contributed by atoms with van der Waals surface area (Å²) in [5, 5.41) is 4.06. The maximum atomic E-state index is 13.2. The predicted molar refractivity (Wildman–Crippen MR) is 116 cm³/mol. The Labute approximate surface area is 185 Å². The zero-order chi connectivity index (χ0) is 22.0. The number of fused-ring (bicyclic) bond motifs is 2. The molecule has 0 radical (unpaired) electrons. The van der Waals surface area contributed by atoms with Crippen molar-refractivity contribution in [2.45, 2.75) is 31.6 Å². The lowest BCUT2D eigenvalue weighted by Gasteiger charge is -2.39. The molecule has 8 heteroatoms. The largest absolute Gasteiger partial charge is 0.399 e. The first-order valence-electron chi connectivity index (χ1n) is 10.6. The topological polar surface area (TPSA) is 72.7 Å². The Morgan fingerprint density at radius 2 is 2.00 bits per heavy atom. The maximum absolute atomic E-state index is 13.2. The number of piperidine rings is 1. The molecule has 32 heavy (non-hydrogen) atoms. The average Bonchev–Trinajstić information content (AvgIpc) is 3.19. The van der Waals surface area contributed by atoms with Crippen LogP contribution in [0, 0.1) is 5.82 Å². The lowest BCUT2D eigenvalue weighted by molar-refractivity contribution is -0.0801. The van der Waals surface area contributed by atoms with Gasteiger partial charge in [0.2, 0.25) is 0 Å². The van der Waals surface area contributed by atoms with Crippen molar-refractivity contribution in [3.63, 3.8) is 0 Å². The van der Waals surface area contributed by atoms with Crippen LogP contribution in [-0.2, 0) is 28.3 Å². The Kier molecular flexibility index (Phi) is 5.63. The Morgan fingerprint density at radius 3 is 2.72 bits per heavy atom. The van der Waals surface area contributed by atoms with Gasteiger partial charge in [0.1, 0.15) is 18.6 Å². The summed E-state index contributed by atoms with van der Waals surface area (Å²) in [5.74, 6) is -0.398. The van der Waals surface area contributed by atoms with Crippen molar-refractivity contribution < 1.29 is 14.0 Å². The van der Waals surface area contributed by atoms with E-state index in [-0.39, 0.29) is 5.60 Å². The smallest absolute Gasteiger partial charge is 0.141 e. The third kappa shape index (κ3) is 3.99. The molecule has 1 spiro atoms. The van der Waals surface area contributed by atoms with Gasteiger partial charge in [-0.25, -0.2) is 4.39 Å². The molecule has 1 saturated heterocycles. The molecule has 1 fully saturated rings. The van der Waals surface area contributed by atoms with Gasteiger partial charge in [-0.1, -0.05) is 5.16 Å². The van der Waals surface area contributed by atoms with Crippen molar-refractivity contribution in [2.24, 2.45) is 5.16 Å². The van der Waals surface area contributed by atoms with Gasteiger partial charge in [-0.2, -0.15) is 0 Å². The van der Waals surface area contributed by atoms with Crippen molar-refractivity contribution in [2.75, 3.05) is 20.2 Å². The molecule has 0 aliphatic carbocycles. The molecule has 0 saturated carbocycles. The predicted octanol–water partition coefficient (Wildman–Crippen LogP) is 3.43. The summed E-state index contributed by atoms with van der Waals surface area (Å²) in [5.41, 5.74) is 5.09. The number of pyridine rings is 3. The van der Waals surface area contributed by atoms with Gasteiger partial charge >= 0.3 is 0 Å². The second-order valence-corrected chi connectivity index (χ2v) is 8.11. The van der Waals surface area contributed by atoms with Gasteiger partial charge in [-0.3, -0.25) is 19.9 Å². The van der Waals surface area contributed by atoms with Gasteiger partial charge in [-0.15, -0.1) is 0 Å². The number of oxime groups is 1. The first-order chi connectivity index (χ1) is 15.7. The fourth-order valence-electron chi connectivity index (χ4n) is 4.48. The van der Waals surface area contributed by atoms with Crippen LogP contribution in [0.5, 0.6) is 0 Å². The van der Waals surface area contributed by atoms with E-state index < -0.39 is 5.82 Å². The van der Waals surface area contributed by atoms with E-state index in [0.717, 1.165) is 49.9 Å². The van der Waals surface area contributed by atoms with E-state index in [9.17, 15) is 4.39 Å². The van der Waals surface area contributed by atoms with Crippen LogP contribution in [0.3, 0.4) is 0 Å². The fourth-order valence-corrected chi connectivity index (χ4v) is 4.48. The summed E-state index contributed by atoms with van der Waals surface area (Å²) in [6, 6.07) is 8.91. The van der Waals surface area contributed by atoms with Crippen LogP contribution < -0.4 is 0 Å². The van der Waals surface area contributed by atoms with E-state index in [1.54, 1.807) is 12.3 Å². The van der Waals surface area contributed by atoms with Crippen molar-refractivity contribution in [1.29, 1.82) is 0 Å². The monoisotopic (exact) mass is 433 g/mol. The van der Waals surface area contributed by atoms with Crippen molar-refractivity contribution >= 4 is 5.71 Å². The molecule has 7 nitrogen and oxygen atoms in total. The van der Waals surface area contributed by atoms with Crippen LogP contribution in [0.4, 0.5) is 4.39 Å². The van der Waals surface area contributed by atoms with Gasteiger partial charge in [0, 0.05) is 49.4 Å². The molecule has 3 aromatic heterocycles. The summed E-state index contributed by atoms with van der Waals surface area (Å²) in [6.45, 7) is 3.32. The lowest BCUT2D eigenvalue weighted by Crippen LogP contribution is -2.42. The minimum absolute atomic E-state index is 0.189. The second kappa shape index (κ2) is 8.72. The van der Waals surface area contributed by atoms with Crippen LogP contribution in [0.15, 0.2) is 60.3 Å². The molecule has 0 unspecified atom stereocenters. The number of hydrogen-bond donors (Lipinski definition) is 0. The zero-order valence-corrected chi connectivity index (χ0v) is 17.9. The first kappa shape index (κ1) is 20.7. The maximum Gasteiger partial charge on any atom is 0.141 e. The quantitative estimate of drug-likeness (QED) is 0.454. The van der Waals surface area contributed by atoms with Crippen LogP contribution in [0.1, 0.15) is 40.9 Å². The highest BCUT2D eigenvalue weighted by atomic mass is 19.1. The molecule has 0 atom stereocenters. The van der Waals surface area contributed by atoms with Gasteiger partial charge in [-0.05, 0) is 48.7 Å². The highest BCUT2D eigenvalue weighted by Crippen LogP contribution is 2.43. The molecule has 2 aliphatic heterocycles. The van der Waals surface area contributed by atoms with Gasteiger partial charge in [0.15, 0.2) is 0 Å². The summed E-state index contributed by atoms with van der Waals surface area (Å²) in [4.78, 5) is 20.4. The number of hydrogen-bond acceptors (Lipinski definition) is 7. The number of ether oxygens (including phenoxy) is 1. The summed E-state index contributed by atoms with van der Waals surface area (Å²) in [7, 11) is 1.47. The van der Waals surface area contributed by atoms with E-state index in [0.29, 0.717) is 18.0 Å². The van der Waals surface area contributed by atoms with E-state index >= 15 is 0 Å². The number of halogens is 1. The van der Waals surface area contributed by atoms with Crippen molar-refractivity contribution in [3.8, 4) is 0 Å². The minimum Gasteiger partial charge on any atom is -0.399 e. The van der Waals surface area contributed by atoms with E-state index in [4.69, 9.17) is 9.57 Å². The van der Waals surface area contributed by atoms with E-state index in [1.807, 2.05) is 24.5 Å². The third-order valence-electron chi connectivity index (χ3n) is 6.21. The second-order valence-electron chi connectivity index (χ2n) is 8.11. The molecule has 164 valence electrons. The summed E-state index contributed by atoms with van der Waals surface area (Å²) < 4.78 is 19.5. The highest BCUT2D eigenvalue weighted by Gasteiger charge is 2.42. The SMILES string of the molecule is CO/N=C(\c1ccc(CN2CCC3(CC2)OCc2ccncc23)nc1)c1ccc(F)cn1. The number of nitrogens with zero attached hydrogens (tertiary/aromatic N) is 5. The molecule has 5 heterocycles. The number of likely N-dealkylation sites (tertiary alicyclic amines) is 1. The van der Waals surface area contributed by atoms with Crippen molar-refractivity contribution in [3.05, 3.63) is 89.0 Å². The molecular formula is C24H24FN5O2. The number of aromatic nitrogens is 3. The number of rotatable bonds is 5. The van der Waals surface area contributed by atoms with Gasteiger partial charge < -0.3 is 9.57 Å². The third-order valence-corrected chi connectivity index (χ3v) is 6.21. The molecular weight excluding hydrogens is 409 g/mol. The zero-order valence-electron chi connectivity index (χ0n) is 17.9. The molecule has 5 rings (SSSR count). The van der Waals surface area contributed by atoms with E-state index in [1.165, 1.54) is 24.3 Å². The Morgan fingerprint density at radius 1 is 1.12 bits per heavy atom. The van der Waals surface area contributed by atoms with Crippen LogP contribution >= 0.6 is 0 Å². The Hall–Kier alpha value is -3.23. The van der Waals surface area contributed by atoms with Crippen LogP contribution in [0.2, 0.25) is 0 Å². The fraction of sp³-hybridized carbons (Fsp3) is 0.333. The molecule has 2 aliphatic rings. The molecule has 0 amide bonds. The average molecular weight is 433 g/mol. The Bertz CT molecular complexity index is 1110. The Balaban J connectivity index is 1.25. The summed E-state index contributed by atoms with van der Waals surface area (Å²) in [6.07, 6.45) is 8.61. The molecule has 0 bridgehead atoms. The first-order valence-corrected chi connectivity index (χ1v) is 10.6. The van der Waals surface area contributed by atoms with Crippen molar-refractivity contribution in [1.82, 2.24) is 19.9 Å².